The van der Waals surface area contributed by atoms with E-state index in [0.29, 0.717) is 23.1 Å². The molecule has 0 fully saturated rings. The highest BCUT2D eigenvalue weighted by molar-refractivity contribution is 6.09. The number of rotatable bonds is 8. The number of aldehydes is 1. The Kier molecular flexibility index (Phi) is 7.33. The van der Waals surface area contributed by atoms with Gasteiger partial charge in [-0.25, -0.2) is 0 Å². The molecule has 0 radical (unpaired) electrons. The number of hydrogen-bond donors (Lipinski definition) is 2. The van der Waals surface area contributed by atoms with Crippen molar-refractivity contribution in [2.24, 2.45) is 0 Å². The molecule has 0 unspecified atom stereocenters. The number of amides is 3. The molecule has 3 aromatic rings. The van der Waals surface area contributed by atoms with Crippen molar-refractivity contribution in [3.05, 3.63) is 66.5 Å². The van der Waals surface area contributed by atoms with E-state index in [2.05, 4.69) is 15.6 Å². The average Bonchev–Trinajstić information content (AvgIpc) is 3.00. The summed E-state index contributed by atoms with van der Waals surface area (Å²) in [6.07, 6.45) is 1.83. The van der Waals surface area contributed by atoms with Gasteiger partial charge in [-0.2, -0.15) is 0 Å². The number of aromatic nitrogens is 1. The molecule has 0 saturated carbocycles. The Morgan fingerprint density at radius 1 is 1.14 bits per heavy atom. The van der Waals surface area contributed by atoms with Gasteiger partial charge in [-0.15, -0.1) is 0 Å². The number of carbonyl (C=O) groups is 5. The number of para-hydroxylation sites is 2. The lowest BCUT2D eigenvalue weighted by molar-refractivity contribution is -0.127. The van der Waals surface area contributed by atoms with Gasteiger partial charge in [-0.3, -0.25) is 29.1 Å². The van der Waals surface area contributed by atoms with Crippen molar-refractivity contribution in [2.75, 3.05) is 18.1 Å². The topological polar surface area (TPSA) is 135 Å². The van der Waals surface area contributed by atoms with E-state index in [0.717, 1.165) is 5.39 Å². The minimum Gasteiger partial charge on any atom is -0.489 e. The molecule has 2 aromatic carbocycles. The molecule has 0 aliphatic carbocycles. The molecule has 10 heteroatoms. The van der Waals surface area contributed by atoms with Crippen molar-refractivity contribution >= 4 is 46.3 Å². The van der Waals surface area contributed by atoms with Crippen molar-refractivity contribution in [2.45, 2.75) is 25.4 Å². The van der Waals surface area contributed by atoms with E-state index < -0.39 is 36.3 Å². The Bertz CT molecular complexity index is 1340. The summed E-state index contributed by atoms with van der Waals surface area (Å²) in [5.74, 6) is -1.68. The van der Waals surface area contributed by atoms with E-state index in [1.807, 2.05) is 12.1 Å². The van der Waals surface area contributed by atoms with Crippen LogP contribution in [-0.4, -0.2) is 60.0 Å². The predicted molar refractivity (Wildman–Crippen MR) is 131 cm³/mol. The van der Waals surface area contributed by atoms with Crippen LogP contribution in [0.25, 0.3) is 10.8 Å². The van der Waals surface area contributed by atoms with Crippen molar-refractivity contribution in [1.82, 2.24) is 15.6 Å². The van der Waals surface area contributed by atoms with Gasteiger partial charge in [0.1, 0.15) is 42.7 Å². The fourth-order valence-electron chi connectivity index (χ4n) is 3.99. The number of ether oxygens (including phenoxy) is 1. The summed E-state index contributed by atoms with van der Waals surface area (Å²) in [6.45, 7) is 0.707. The number of pyridine rings is 1. The normalized spacial score (nSPS) is 15.8. The Labute approximate surface area is 206 Å². The zero-order chi connectivity index (χ0) is 25.7. The lowest BCUT2D eigenvalue weighted by Crippen LogP contribution is -2.53. The summed E-state index contributed by atoms with van der Waals surface area (Å²) < 4.78 is 5.79. The standard InChI is InChI=1S/C26H24N4O6/c1-16(32)12-18(14-31)28-23(33)13-30-21-8-4-5-9-22(21)36-15-20(26(30)35)29-25(34)24-19-7-3-2-6-17(19)10-11-27-24/h2-11,14,18,20H,12-13,15H2,1H3,(H,28,33)(H,29,34)/t18-,20-/m0/s1. The van der Waals surface area contributed by atoms with Gasteiger partial charge in [0.15, 0.2) is 0 Å². The van der Waals surface area contributed by atoms with Crippen LogP contribution in [0, 0.1) is 0 Å². The lowest BCUT2D eigenvalue weighted by atomic mass is 10.1. The van der Waals surface area contributed by atoms with Crippen LogP contribution in [0.15, 0.2) is 60.8 Å². The number of hydrogen-bond acceptors (Lipinski definition) is 7. The van der Waals surface area contributed by atoms with Crippen LogP contribution in [0.5, 0.6) is 5.75 Å². The molecule has 0 spiro atoms. The van der Waals surface area contributed by atoms with E-state index in [1.165, 1.54) is 18.0 Å². The largest absolute Gasteiger partial charge is 0.489 e. The molecule has 4 rings (SSSR count). The lowest BCUT2D eigenvalue weighted by Gasteiger charge is -2.25. The fourth-order valence-corrected chi connectivity index (χ4v) is 3.99. The molecule has 0 bridgehead atoms. The number of Topliss-reactive ketones (excluding diaryl/α,β-unsaturated/α-hetero) is 1. The average molecular weight is 489 g/mol. The first-order valence-corrected chi connectivity index (χ1v) is 11.3. The Hall–Kier alpha value is -4.60. The van der Waals surface area contributed by atoms with Crippen LogP contribution in [0.2, 0.25) is 0 Å². The summed E-state index contributed by atoms with van der Waals surface area (Å²) in [6, 6.07) is 13.6. The summed E-state index contributed by atoms with van der Waals surface area (Å²) in [5.41, 5.74) is 0.497. The molecule has 2 heterocycles. The van der Waals surface area contributed by atoms with Gasteiger partial charge in [-0.1, -0.05) is 36.4 Å². The number of anilines is 1. The molecule has 2 atom stereocenters. The fraction of sp³-hybridized carbons (Fsp3) is 0.231. The highest BCUT2D eigenvalue weighted by Gasteiger charge is 2.34. The van der Waals surface area contributed by atoms with E-state index in [1.54, 1.807) is 42.5 Å². The second kappa shape index (κ2) is 10.8. The molecule has 0 saturated heterocycles. The third-order valence-corrected chi connectivity index (χ3v) is 5.64. The van der Waals surface area contributed by atoms with Gasteiger partial charge in [0.05, 0.1) is 11.7 Å². The molecule has 184 valence electrons. The summed E-state index contributed by atoms with van der Waals surface area (Å²) in [4.78, 5) is 67.4. The van der Waals surface area contributed by atoms with Gasteiger partial charge in [-0.05, 0) is 30.5 Å². The number of nitrogens with zero attached hydrogens (tertiary/aromatic N) is 2. The molecule has 36 heavy (non-hydrogen) atoms. The second-order valence-electron chi connectivity index (χ2n) is 8.33. The highest BCUT2D eigenvalue weighted by Crippen LogP contribution is 2.31. The van der Waals surface area contributed by atoms with Crippen LogP contribution in [0.1, 0.15) is 23.8 Å². The van der Waals surface area contributed by atoms with Gasteiger partial charge in [0.25, 0.3) is 11.8 Å². The van der Waals surface area contributed by atoms with Gasteiger partial charge in [0.2, 0.25) is 5.91 Å². The molecule has 1 aliphatic heterocycles. The molecular weight excluding hydrogens is 464 g/mol. The second-order valence-corrected chi connectivity index (χ2v) is 8.33. The Balaban J connectivity index is 1.57. The van der Waals surface area contributed by atoms with E-state index in [4.69, 9.17) is 4.74 Å². The Morgan fingerprint density at radius 2 is 1.89 bits per heavy atom. The number of ketones is 1. The molecular formula is C26H24N4O6. The van der Waals surface area contributed by atoms with Crippen molar-refractivity contribution in [3.63, 3.8) is 0 Å². The summed E-state index contributed by atoms with van der Waals surface area (Å²) >= 11 is 0. The van der Waals surface area contributed by atoms with Crippen LogP contribution < -0.4 is 20.3 Å². The van der Waals surface area contributed by atoms with Crippen molar-refractivity contribution < 1.29 is 28.7 Å². The quantitative estimate of drug-likeness (QED) is 0.458. The number of carbonyl (C=O) groups excluding carboxylic acids is 5. The van der Waals surface area contributed by atoms with E-state index in [9.17, 15) is 24.0 Å². The van der Waals surface area contributed by atoms with Gasteiger partial charge < -0.3 is 20.2 Å². The Morgan fingerprint density at radius 3 is 2.67 bits per heavy atom. The first-order valence-electron chi connectivity index (χ1n) is 11.3. The van der Waals surface area contributed by atoms with Gasteiger partial charge in [0, 0.05) is 18.0 Å². The summed E-state index contributed by atoms with van der Waals surface area (Å²) in [5, 5.41) is 6.59. The maximum absolute atomic E-state index is 13.5. The van der Waals surface area contributed by atoms with Crippen LogP contribution in [0.3, 0.4) is 0 Å². The number of nitrogens with one attached hydrogen (secondary N) is 2. The molecule has 10 nitrogen and oxygen atoms in total. The minimum atomic E-state index is -1.11. The molecule has 1 aliphatic rings. The zero-order valence-electron chi connectivity index (χ0n) is 19.5. The molecule has 3 amide bonds. The first-order chi connectivity index (χ1) is 17.4. The maximum Gasteiger partial charge on any atom is 0.271 e. The molecule has 1 aromatic heterocycles. The predicted octanol–water partition coefficient (Wildman–Crippen LogP) is 1.42. The highest BCUT2D eigenvalue weighted by atomic mass is 16.5. The smallest absolute Gasteiger partial charge is 0.271 e. The monoisotopic (exact) mass is 488 g/mol. The third-order valence-electron chi connectivity index (χ3n) is 5.64. The zero-order valence-corrected chi connectivity index (χ0v) is 19.5. The first kappa shape index (κ1) is 24.5. The van der Waals surface area contributed by atoms with Crippen molar-refractivity contribution in [3.8, 4) is 5.75 Å². The summed E-state index contributed by atoms with van der Waals surface area (Å²) in [7, 11) is 0. The number of benzene rings is 2. The van der Waals surface area contributed by atoms with E-state index in [-0.39, 0.29) is 24.5 Å². The number of fused-ring (bicyclic) bond motifs is 2. The maximum atomic E-state index is 13.5. The van der Waals surface area contributed by atoms with Crippen molar-refractivity contribution in [1.29, 1.82) is 0 Å². The van der Waals surface area contributed by atoms with Crippen LogP contribution >= 0.6 is 0 Å². The SMILES string of the molecule is CC(=O)C[C@@H](C=O)NC(=O)CN1C(=O)[C@@H](NC(=O)c2nccc3ccccc23)COc2ccccc21. The third kappa shape index (κ3) is 5.38. The van der Waals surface area contributed by atoms with Crippen LogP contribution in [-0.2, 0) is 19.2 Å². The molecule has 2 N–H and O–H groups in total. The van der Waals surface area contributed by atoms with Gasteiger partial charge >= 0.3 is 0 Å². The minimum absolute atomic E-state index is 0.153. The van der Waals surface area contributed by atoms with E-state index >= 15 is 0 Å². The van der Waals surface area contributed by atoms with Crippen LogP contribution in [0.4, 0.5) is 5.69 Å².